The zero-order valence-corrected chi connectivity index (χ0v) is 21.1. The van der Waals surface area contributed by atoms with Crippen molar-refractivity contribution in [1.82, 2.24) is 25.1 Å². The van der Waals surface area contributed by atoms with Gasteiger partial charge in [0.25, 0.3) is 0 Å². The van der Waals surface area contributed by atoms with E-state index >= 15 is 0 Å². The highest BCUT2D eigenvalue weighted by Crippen LogP contribution is 2.36. The van der Waals surface area contributed by atoms with E-state index in [9.17, 15) is 5.11 Å². The second-order valence-electron chi connectivity index (χ2n) is 7.91. The molecule has 11 heteroatoms. The molecular formula is C24H25Cl3N6O2. The molecule has 2 aromatic carbocycles. The number of phenols is 1. The van der Waals surface area contributed by atoms with Crippen molar-refractivity contribution in [3.8, 4) is 22.6 Å². The zero-order chi connectivity index (χ0) is 22.6. The van der Waals surface area contributed by atoms with E-state index in [2.05, 4.69) is 30.4 Å². The van der Waals surface area contributed by atoms with Gasteiger partial charge in [0.1, 0.15) is 29.1 Å². The van der Waals surface area contributed by atoms with Crippen molar-refractivity contribution in [3.05, 3.63) is 59.9 Å². The smallest absolute Gasteiger partial charge is 0.247 e. The summed E-state index contributed by atoms with van der Waals surface area (Å²) in [6.45, 7) is 3.58. The molecule has 4 aromatic rings. The molecule has 35 heavy (non-hydrogen) atoms. The predicted octanol–water partition coefficient (Wildman–Crippen LogP) is 5.51. The molecule has 2 aromatic heterocycles. The molecule has 0 unspecified atom stereocenters. The summed E-state index contributed by atoms with van der Waals surface area (Å²) in [4.78, 5) is 11.2. The summed E-state index contributed by atoms with van der Waals surface area (Å²) >= 11 is 6.41. The fourth-order valence-electron chi connectivity index (χ4n) is 3.92. The lowest BCUT2D eigenvalue weighted by Crippen LogP contribution is -2.25. The SMILES string of the molecule is Cl.Cl.Oc1ccc(Cl)c(-c2cc(OCCN3CCCC3)c3nc(Nc4cccnc4)nnc3c2)c1. The number of ether oxygens (including phenoxy) is 1. The number of likely N-dealkylation sites (tertiary alicyclic amines) is 1. The lowest BCUT2D eigenvalue weighted by atomic mass is 10.0. The van der Waals surface area contributed by atoms with Crippen LogP contribution in [0.25, 0.3) is 22.2 Å². The number of halogens is 3. The average molecular weight is 536 g/mol. The average Bonchev–Trinajstić information content (AvgIpc) is 3.35. The molecule has 1 aliphatic heterocycles. The second-order valence-corrected chi connectivity index (χ2v) is 8.31. The molecule has 1 saturated heterocycles. The van der Waals surface area contributed by atoms with Crippen molar-refractivity contribution >= 4 is 59.1 Å². The van der Waals surface area contributed by atoms with E-state index in [1.807, 2.05) is 24.3 Å². The van der Waals surface area contributed by atoms with Crippen LogP contribution in [0.5, 0.6) is 11.5 Å². The highest BCUT2D eigenvalue weighted by atomic mass is 35.5. The van der Waals surface area contributed by atoms with Crippen molar-refractivity contribution in [2.45, 2.75) is 12.8 Å². The third-order valence-corrected chi connectivity index (χ3v) is 5.90. The zero-order valence-electron chi connectivity index (χ0n) is 18.7. The van der Waals surface area contributed by atoms with E-state index in [0.717, 1.165) is 30.9 Å². The van der Waals surface area contributed by atoms with Crippen LogP contribution in [0, 0.1) is 0 Å². The minimum absolute atomic E-state index is 0. The van der Waals surface area contributed by atoms with Gasteiger partial charge in [-0.05, 0) is 74.0 Å². The van der Waals surface area contributed by atoms with Crippen LogP contribution in [0.4, 0.5) is 11.6 Å². The van der Waals surface area contributed by atoms with Crippen LogP contribution in [0.1, 0.15) is 12.8 Å². The van der Waals surface area contributed by atoms with Gasteiger partial charge in [0, 0.05) is 23.3 Å². The van der Waals surface area contributed by atoms with Crippen LogP contribution < -0.4 is 10.1 Å². The van der Waals surface area contributed by atoms with Crippen LogP contribution in [0.3, 0.4) is 0 Å². The van der Waals surface area contributed by atoms with Gasteiger partial charge in [-0.15, -0.1) is 35.0 Å². The Bertz CT molecular complexity index is 1270. The Morgan fingerprint density at radius 2 is 1.89 bits per heavy atom. The van der Waals surface area contributed by atoms with Crippen LogP contribution in [-0.4, -0.2) is 56.4 Å². The summed E-state index contributed by atoms with van der Waals surface area (Å²) < 4.78 is 6.20. The number of nitrogens with zero attached hydrogens (tertiary/aromatic N) is 5. The summed E-state index contributed by atoms with van der Waals surface area (Å²) in [5.74, 6) is 1.07. The lowest BCUT2D eigenvalue weighted by Gasteiger charge is -2.16. The fraction of sp³-hybridized carbons (Fsp3) is 0.250. The first kappa shape index (κ1) is 26.7. The molecule has 1 aliphatic rings. The number of anilines is 2. The number of rotatable bonds is 7. The first-order valence-corrected chi connectivity index (χ1v) is 11.2. The van der Waals surface area contributed by atoms with Gasteiger partial charge in [-0.1, -0.05) is 11.6 Å². The number of aromatic hydroxyl groups is 1. The van der Waals surface area contributed by atoms with E-state index in [-0.39, 0.29) is 30.6 Å². The largest absolute Gasteiger partial charge is 0.508 e. The quantitative estimate of drug-likeness (QED) is 0.320. The van der Waals surface area contributed by atoms with Crippen molar-refractivity contribution < 1.29 is 9.84 Å². The number of hydrogen-bond acceptors (Lipinski definition) is 8. The van der Waals surface area contributed by atoms with Crippen LogP contribution in [0.2, 0.25) is 5.02 Å². The third-order valence-electron chi connectivity index (χ3n) is 5.57. The number of hydrogen-bond donors (Lipinski definition) is 2. The summed E-state index contributed by atoms with van der Waals surface area (Å²) in [5, 5.41) is 22.2. The van der Waals surface area contributed by atoms with Crippen LogP contribution in [0.15, 0.2) is 54.9 Å². The van der Waals surface area contributed by atoms with Crippen molar-refractivity contribution in [1.29, 1.82) is 0 Å². The topological polar surface area (TPSA) is 96.3 Å². The maximum absolute atomic E-state index is 9.97. The molecule has 1 fully saturated rings. The molecule has 0 bridgehead atoms. The minimum Gasteiger partial charge on any atom is -0.508 e. The predicted molar refractivity (Wildman–Crippen MR) is 143 cm³/mol. The summed E-state index contributed by atoms with van der Waals surface area (Å²) in [5.41, 5.74) is 3.38. The lowest BCUT2D eigenvalue weighted by molar-refractivity contribution is 0.239. The van der Waals surface area contributed by atoms with Crippen molar-refractivity contribution in [2.75, 3.05) is 31.6 Å². The molecule has 2 N–H and O–H groups in total. The Morgan fingerprint density at radius 3 is 2.66 bits per heavy atom. The number of pyridine rings is 1. The van der Waals surface area contributed by atoms with Crippen molar-refractivity contribution in [3.63, 3.8) is 0 Å². The third kappa shape index (κ3) is 6.41. The highest BCUT2D eigenvalue weighted by Gasteiger charge is 2.16. The van der Waals surface area contributed by atoms with Crippen LogP contribution >= 0.6 is 36.4 Å². The number of benzene rings is 2. The number of fused-ring (bicyclic) bond motifs is 1. The van der Waals surface area contributed by atoms with Crippen LogP contribution in [-0.2, 0) is 0 Å². The van der Waals surface area contributed by atoms with Gasteiger partial charge in [-0.3, -0.25) is 9.88 Å². The van der Waals surface area contributed by atoms with Gasteiger partial charge in [0.2, 0.25) is 5.95 Å². The second kappa shape index (κ2) is 12.2. The first-order chi connectivity index (χ1) is 16.2. The Morgan fingerprint density at radius 1 is 1.06 bits per heavy atom. The van der Waals surface area contributed by atoms with Gasteiger partial charge in [0.15, 0.2) is 0 Å². The Balaban J connectivity index is 0.00000171. The van der Waals surface area contributed by atoms with E-state index in [4.69, 9.17) is 16.3 Å². The van der Waals surface area contributed by atoms with Gasteiger partial charge in [0.05, 0.1) is 11.9 Å². The molecule has 184 valence electrons. The summed E-state index contributed by atoms with van der Waals surface area (Å²) in [6, 6.07) is 12.3. The molecule has 3 heterocycles. The molecule has 0 atom stereocenters. The van der Waals surface area contributed by atoms with Gasteiger partial charge >= 0.3 is 0 Å². The van der Waals surface area contributed by atoms with Gasteiger partial charge in [-0.25, -0.2) is 4.98 Å². The van der Waals surface area contributed by atoms with E-state index in [1.165, 1.54) is 12.8 Å². The molecule has 8 nitrogen and oxygen atoms in total. The molecule has 5 rings (SSSR count). The van der Waals surface area contributed by atoms with Gasteiger partial charge in [-0.2, -0.15) is 0 Å². The number of phenolic OH excluding ortho intramolecular Hbond substituents is 1. The van der Waals surface area contributed by atoms with E-state index < -0.39 is 0 Å². The van der Waals surface area contributed by atoms with E-state index in [1.54, 1.807) is 30.6 Å². The molecule has 0 saturated carbocycles. The minimum atomic E-state index is 0. The molecule has 0 radical (unpaired) electrons. The first-order valence-electron chi connectivity index (χ1n) is 10.9. The Labute approximate surface area is 220 Å². The maximum Gasteiger partial charge on any atom is 0.247 e. The van der Waals surface area contributed by atoms with Gasteiger partial charge < -0.3 is 15.2 Å². The molecule has 0 amide bonds. The summed E-state index contributed by atoms with van der Waals surface area (Å²) in [7, 11) is 0. The number of nitrogens with one attached hydrogen (secondary N) is 1. The standard InChI is InChI=1S/C24H23ClN6O2.2ClH/c25-20-6-5-18(32)14-19(20)16-12-21-23(22(13-16)33-11-10-31-8-1-2-9-31)28-24(30-29-21)27-17-4-3-7-26-15-17;;/h3-7,12-15,32H,1-2,8-11H2,(H,27,28,30);2*1H. The molecule has 0 spiro atoms. The monoisotopic (exact) mass is 534 g/mol. The number of aromatic nitrogens is 4. The molecule has 0 aliphatic carbocycles. The Hall–Kier alpha value is -2.91. The van der Waals surface area contributed by atoms with E-state index in [0.29, 0.717) is 39.9 Å². The molecular weight excluding hydrogens is 511 g/mol. The maximum atomic E-state index is 9.97. The fourth-order valence-corrected chi connectivity index (χ4v) is 4.15. The normalized spacial score (nSPS) is 13.2. The summed E-state index contributed by atoms with van der Waals surface area (Å²) in [6.07, 6.45) is 5.85. The Kier molecular flexibility index (Phi) is 9.28. The van der Waals surface area contributed by atoms with Crippen molar-refractivity contribution in [2.24, 2.45) is 0 Å². The highest BCUT2D eigenvalue weighted by molar-refractivity contribution is 6.33.